The summed E-state index contributed by atoms with van der Waals surface area (Å²) in [5, 5.41) is 0.859. The van der Waals surface area contributed by atoms with Crippen LogP contribution in [-0.4, -0.2) is 6.61 Å². The van der Waals surface area contributed by atoms with Gasteiger partial charge in [0.2, 0.25) is 0 Å². The molecule has 14 heavy (non-hydrogen) atoms. The van der Waals surface area contributed by atoms with Gasteiger partial charge in [0.1, 0.15) is 5.75 Å². The first-order chi connectivity index (χ1) is 6.69. The number of benzene rings is 1. The van der Waals surface area contributed by atoms with Gasteiger partial charge in [-0.15, -0.1) is 0 Å². The predicted octanol–water partition coefficient (Wildman–Crippen LogP) is 3.99. The monoisotopic (exact) mass is 256 g/mol. The van der Waals surface area contributed by atoms with Crippen LogP contribution in [0.5, 0.6) is 5.75 Å². The fourth-order valence-corrected chi connectivity index (χ4v) is 2.19. The number of alkyl halides is 1. The largest absolute Gasteiger partial charge is 0.493 e. The molecule has 0 atom stereocenters. The highest BCUT2D eigenvalue weighted by Crippen LogP contribution is 2.26. The van der Waals surface area contributed by atoms with Crippen LogP contribution in [-0.2, 0) is 5.33 Å². The molecule has 1 nitrogen and oxygen atoms in total. The third-order valence-electron chi connectivity index (χ3n) is 2.17. The van der Waals surface area contributed by atoms with Crippen LogP contribution in [0.15, 0.2) is 12.1 Å². The second kappa shape index (κ2) is 5.40. The molecule has 0 bridgehead atoms. The molecular weight excluding hydrogens is 240 g/mol. The van der Waals surface area contributed by atoms with Gasteiger partial charge in [-0.05, 0) is 37.5 Å². The Hall–Kier alpha value is -0.500. The van der Waals surface area contributed by atoms with Gasteiger partial charge in [0, 0.05) is 10.9 Å². The van der Waals surface area contributed by atoms with Crippen LogP contribution in [0.4, 0.5) is 0 Å². The average Bonchev–Trinajstić information content (AvgIpc) is 2.14. The van der Waals surface area contributed by atoms with E-state index in [1.165, 1.54) is 16.7 Å². The molecule has 0 fully saturated rings. The van der Waals surface area contributed by atoms with Crippen molar-refractivity contribution in [2.24, 2.45) is 0 Å². The van der Waals surface area contributed by atoms with Crippen LogP contribution in [0.25, 0.3) is 0 Å². The lowest BCUT2D eigenvalue weighted by Gasteiger charge is -2.12. The van der Waals surface area contributed by atoms with E-state index in [0.717, 1.165) is 24.1 Å². The van der Waals surface area contributed by atoms with Crippen molar-refractivity contribution in [3.8, 4) is 5.75 Å². The summed E-state index contributed by atoms with van der Waals surface area (Å²) in [7, 11) is 0. The molecule has 0 amide bonds. The fraction of sp³-hybridized carbons (Fsp3) is 0.500. The Morgan fingerprint density at radius 2 is 2.00 bits per heavy atom. The first-order valence-corrected chi connectivity index (χ1v) is 6.10. The second-order valence-corrected chi connectivity index (χ2v) is 4.10. The van der Waals surface area contributed by atoms with Gasteiger partial charge in [0.05, 0.1) is 6.61 Å². The van der Waals surface area contributed by atoms with Crippen molar-refractivity contribution >= 4 is 15.9 Å². The number of ether oxygens (including phenoxy) is 1. The molecule has 0 aliphatic rings. The standard InChI is InChI=1S/C12H17BrO/c1-4-5-14-12-7-9(2)6-10(3)11(12)8-13/h6-7H,4-5,8H2,1-3H3. The summed E-state index contributed by atoms with van der Waals surface area (Å²) in [5.41, 5.74) is 3.83. The highest BCUT2D eigenvalue weighted by Gasteiger charge is 2.06. The van der Waals surface area contributed by atoms with Crippen molar-refractivity contribution in [1.29, 1.82) is 0 Å². The van der Waals surface area contributed by atoms with E-state index in [0.29, 0.717) is 0 Å². The third-order valence-corrected chi connectivity index (χ3v) is 2.73. The van der Waals surface area contributed by atoms with E-state index < -0.39 is 0 Å². The lowest BCUT2D eigenvalue weighted by molar-refractivity contribution is 0.314. The Balaban J connectivity index is 2.99. The van der Waals surface area contributed by atoms with Crippen molar-refractivity contribution in [3.05, 3.63) is 28.8 Å². The van der Waals surface area contributed by atoms with E-state index in [1.54, 1.807) is 0 Å². The van der Waals surface area contributed by atoms with E-state index in [2.05, 4.69) is 48.8 Å². The van der Waals surface area contributed by atoms with Gasteiger partial charge in [-0.25, -0.2) is 0 Å². The fourth-order valence-electron chi connectivity index (χ4n) is 1.47. The lowest BCUT2D eigenvalue weighted by atomic mass is 10.1. The number of rotatable bonds is 4. The van der Waals surface area contributed by atoms with Crippen molar-refractivity contribution in [2.45, 2.75) is 32.5 Å². The molecular formula is C12H17BrO. The number of hydrogen-bond donors (Lipinski definition) is 0. The molecule has 0 heterocycles. The molecule has 0 radical (unpaired) electrons. The molecule has 0 unspecified atom stereocenters. The zero-order valence-electron chi connectivity index (χ0n) is 9.06. The highest BCUT2D eigenvalue weighted by molar-refractivity contribution is 9.08. The van der Waals surface area contributed by atoms with Crippen molar-refractivity contribution in [1.82, 2.24) is 0 Å². The van der Waals surface area contributed by atoms with Crippen LogP contribution < -0.4 is 4.74 Å². The van der Waals surface area contributed by atoms with Gasteiger partial charge in [0.15, 0.2) is 0 Å². The van der Waals surface area contributed by atoms with Crippen molar-refractivity contribution < 1.29 is 4.74 Å². The molecule has 1 aromatic carbocycles. The van der Waals surface area contributed by atoms with Crippen molar-refractivity contribution in [2.75, 3.05) is 6.61 Å². The molecule has 0 spiro atoms. The summed E-state index contributed by atoms with van der Waals surface area (Å²) in [6.07, 6.45) is 1.05. The molecule has 1 rings (SSSR count). The highest BCUT2D eigenvalue weighted by atomic mass is 79.9. The van der Waals surface area contributed by atoms with Gasteiger partial charge in [-0.2, -0.15) is 0 Å². The van der Waals surface area contributed by atoms with E-state index in [-0.39, 0.29) is 0 Å². The Kier molecular flexibility index (Phi) is 4.46. The second-order valence-electron chi connectivity index (χ2n) is 3.54. The SMILES string of the molecule is CCCOc1cc(C)cc(C)c1CBr. The molecule has 0 saturated heterocycles. The zero-order chi connectivity index (χ0) is 10.6. The number of aryl methyl sites for hydroxylation is 2. The molecule has 0 N–H and O–H groups in total. The summed E-state index contributed by atoms with van der Waals surface area (Å²) in [5.74, 6) is 1.03. The topological polar surface area (TPSA) is 9.23 Å². The van der Waals surface area contributed by atoms with Gasteiger partial charge in [0.25, 0.3) is 0 Å². The van der Waals surface area contributed by atoms with Gasteiger partial charge < -0.3 is 4.74 Å². The molecule has 0 aromatic heterocycles. The Bertz CT molecular complexity index is 307. The van der Waals surface area contributed by atoms with E-state index in [9.17, 15) is 0 Å². The molecule has 0 aliphatic heterocycles. The minimum atomic E-state index is 0.795. The Morgan fingerprint density at radius 1 is 1.29 bits per heavy atom. The maximum absolute atomic E-state index is 5.71. The quantitative estimate of drug-likeness (QED) is 0.741. The van der Waals surface area contributed by atoms with Crippen LogP contribution >= 0.6 is 15.9 Å². The summed E-state index contributed by atoms with van der Waals surface area (Å²) in [6.45, 7) is 7.14. The smallest absolute Gasteiger partial charge is 0.123 e. The summed E-state index contributed by atoms with van der Waals surface area (Å²) in [6, 6.07) is 4.30. The molecule has 0 saturated carbocycles. The van der Waals surface area contributed by atoms with E-state index >= 15 is 0 Å². The third kappa shape index (κ3) is 2.74. The first-order valence-electron chi connectivity index (χ1n) is 4.98. The molecule has 78 valence electrons. The van der Waals surface area contributed by atoms with Gasteiger partial charge in [-0.1, -0.05) is 28.9 Å². The van der Waals surface area contributed by atoms with Crippen LogP contribution in [0.1, 0.15) is 30.0 Å². The predicted molar refractivity (Wildman–Crippen MR) is 64.3 cm³/mol. The summed E-state index contributed by atoms with van der Waals surface area (Å²) in [4.78, 5) is 0. The zero-order valence-corrected chi connectivity index (χ0v) is 10.6. The first kappa shape index (κ1) is 11.6. The maximum atomic E-state index is 5.71. The van der Waals surface area contributed by atoms with Gasteiger partial charge >= 0.3 is 0 Å². The van der Waals surface area contributed by atoms with Crippen LogP contribution in [0, 0.1) is 13.8 Å². The Morgan fingerprint density at radius 3 is 2.57 bits per heavy atom. The summed E-state index contributed by atoms with van der Waals surface area (Å²) < 4.78 is 5.71. The van der Waals surface area contributed by atoms with Gasteiger partial charge in [-0.3, -0.25) is 0 Å². The van der Waals surface area contributed by atoms with Crippen molar-refractivity contribution in [3.63, 3.8) is 0 Å². The minimum Gasteiger partial charge on any atom is -0.493 e. The molecule has 2 heteroatoms. The number of halogens is 1. The minimum absolute atomic E-state index is 0.795. The Labute approximate surface area is 94.6 Å². The lowest BCUT2D eigenvalue weighted by Crippen LogP contribution is -2.00. The normalized spacial score (nSPS) is 10.3. The molecule has 1 aromatic rings. The number of hydrogen-bond acceptors (Lipinski definition) is 1. The van der Waals surface area contributed by atoms with Crippen LogP contribution in [0.3, 0.4) is 0 Å². The molecule has 0 aliphatic carbocycles. The summed E-state index contributed by atoms with van der Waals surface area (Å²) >= 11 is 3.50. The van der Waals surface area contributed by atoms with E-state index in [1.807, 2.05) is 0 Å². The average molecular weight is 257 g/mol. The van der Waals surface area contributed by atoms with Crippen LogP contribution in [0.2, 0.25) is 0 Å². The van der Waals surface area contributed by atoms with E-state index in [4.69, 9.17) is 4.74 Å². The maximum Gasteiger partial charge on any atom is 0.123 e.